The molecule has 0 bridgehead atoms. The SMILES string of the molecule is CCC(Oc1ccccc1)C(=O)N(C)CCO. The topological polar surface area (TPSA) is 49.8 Å². The summed E-state index contributed by atoms with van der Waals surface area (Å²) in [5.74, 6) is 0.579. The molecule has 4 heteroatoms. The van der Waals surface area contributed by atoms with Crippen LogP contribution < -0.4 is 4.74 Å². The quantitative estimate of drug-likeness (QED) is 0.811. The number of hydrogen-bond donors (Lipinski definition) is 1. The molecule has 0 saturated heterocycles. The summed E-state index contributed by atoms with van der Waals surface area (Å²) < 4.78 is 5.62. The number of para-hydroxylation sites is 1. The Balaban J connectivity index is 2.62. The summed E-state index contributed by atoms with van der Waals surface area (Å²) in [5.41, 5.74) is 0. The van der Waals surface area contributed by atoms with Crippen LogP contribution in [0, 0.1) is 0 Å². The lowest BCUT2D eigenvalue weighted by molar-refractivity contribution is -0.137. The summed E-state index contributed by atoms with van der Waals surface area (Å²) in [6.45, 7) is 2.19. The minimum Gasteiger partial charge on any atom is -0.481 e. The summed E-state index contributed by atoms with van der Waals surface area (Å²) in [6, 6.07) is 9.27. The molecular formula is C13H19NO3. The summed E-state index contributed by atoms with van der Waals surface area (Å²) in [5, 5.41) is 8.80. The fourth-order valence-electron chi connectivity index (χ4n) is 1.48. The van der Waals surface area contributed by atoms with Crippen molar-refractivity contribution in [2.24, 2.45) is 0 Å². The molecule has 0 aliphatic rings. The molecule has 0 aromatic heterocycles. The van der Waals surface area contributed by atoms with Gasteiger partial charge in [0.25, 0.3) is 5.91 Å². The highest BCUT2D eigenvalue weighted by atomic mass is 16.5. The number of hydrogen-bond acceptors (Lipinski definition) is 3. The monoisotopic (exact) mass is 237 g/mol. The highest BCUT2D eigenvalue weighted by Crippen LogP contribution is 2.13. The van der Waals surface area contributed by atoms with Crippen molar-refractivity contribution in [3.63, 3.8) is 0 Å². The Hall–Kier alpha value is -1.55. The highest BCUT2D eigenvalue weighted by molar-refractivity contribution is 5.81. The number of rotatable bonds is 6. The standard InChI is InChI=1S/C13H19NO3/c1-3-12(13(16)14(2)9-10-15)17-11-7-5-4-6-8-11/h4-8,12,15H,3,9-10H2,1-2H3. The van der Waals surface area contributed by atoms with Gasteiger partial charge in [-0.3, -0.25) is 4.79 Å². The molecule has 1 aromatic rings. The fraction of sp³-hybridized carbons (Fsp3) is 0.462. The van der Waals surface area contributed by atoms with E-state index in [2.05, 4.69) is 0 Å². The molecule has 1 aromatic carbocycles. The van der Waals surface area contributed by atoms with Gasteiger partial charge in [0.15, 0.2) is 6.10 Å². The van der Waals surface area contributed by atoms with Crippen LogP contribution in [0.2, 0.25) is 0 Å². The van der Waals surface area contributed by atoms with Gasteiger partial charge in [-0.05, 0) is 18.6 Å². The first kappa shape index (κ1) is 13.5. The Kier molecular flexibility index (Phi) is 5.49. The normalized spacial score (nSPS) is 11.9. The third-order valence-electron chi connectivity index (χ3n) is 2.48. The average Bonchev–Trinajstić information content (AvgIpc) is 2.36. The number of carbonyl (C=O) groups excluding carboxylic acids is 1. The van der Waals surface area contributed by atoms with Crippen LogP contribution in [0.1, 0.15) is 13.3 Å². The average molecular weight is 237 g/mol. The van der Waals surface area contributed by atoms with Crippen LogP contribution in [0.15, 0.2) is 30.3 Å². The maximum absolute atomic E-state index is 12.0. The molecule has 1 atom stereocenters. The molecule has 0 spiro atoms. The fourth-order valence-corrected chi connectivity index (χ4v) is 1.48. The number of benzene rings is 1. The van der Waals surface area contributed by atoms with Gasteiger partial charge in [-0.25, -0.2) is 0 Å². The minimum absolute atomic E-state index is 0.0377. The van der Waals surface area contributed by atoms with Gasteiger partial charge >= 0.3 is 0 Å². The van der Waals surface area contributed by atoms with E-state index in [1.807, 2.05) is 37.3 Å². The van der Waals surface area contributed by atoms with Gasteiger partial charge in [0.2, 0.25) is 0 Å². The van der Waals surface area contributed by atoms with Crippen LogP contribution in [0.5, 0.6) is 5.75 Å². The van der Waals surface area contributed by atoms with Crippen molar-refractivity contribution >= 4 is 5.91 Å². The van der Waals surface area contributed by atoms with E-state index in [0.29, 0.717) is 18.7 Å². The first-order valence-electron chi connectivity index (χ1n) is 5.76. The highest BCUT2D eigenvalue weighted by Gasteiger charge is 2.21. The second-order valence-corrected chi connectivity index (χ2v) is 3.81. The zero-order valence-corrected chi connectivity index (χ0v) is 10.3. The van der Waals surface area contributed by atoms with E-state index in [-0.39, 0.29) is 12.5 Å². The molecule has 1 amide bonds. The van der Waals surface area contributed by atoms with E-state index in [9.17, 15) is 4.79 Å². The Morgan fingerprint density at radius 1 is 1.41 bits per heavy atom. The second kappa shape index (κ2) is 6.91. The molecule has 0 aliphatic heterocycles. The van der Waals surface area contributed by atoms with Crippen LogP contribution in [0.3, 0.4) is 0 Å². The van der Waals surface area contributed by atoms with Crippen LogP contribution in [0.25, 0.3) is 0 Å². The number of carbonyl (C=O) groups is 1. The molecular weight excluding hydrogens is 218 g/mol. The first-order chi connectivity index (χ1) is 8.19. The van der Waals surface area contributed by atoms with E-state index < -0.39 is 6.10 Å². The Morgan fingerprint density at radius 3 is 2.59 bits per heavy atom. The van der Waals surface area contributed by atoms with E-state index in [4.69, 9.17) is 9.84 Å². The van der Waals surface area contributed by atoms with Crippen LogP contribution in [-0.4, -0.2) is 42.2 Å². The third kappa shape index (κ3) is 4.07. The van der Waals surface area contributed by atoms with Crippen molar-refractivity contribution in [3.05, 3.63) is 30.3 Å². The summed E-state index contributed by atoms with van der Waals surface area (Å²) in [6.07, 6.45) is 0.109. The molecule has 17 heavy (non-hydrogen) atoms. The summed E-state index contributed by atoms with van der Waals surface area (Å²) in [4.78, 5) is 13.4. The van der Waals surface area contributed by atoms with Crippen LogP contribution in [-0.2, 0) is 4.79 Å². The number of amides is 1. The van der Waals surface area contributed by atoms with Crippen molar-refractivity contribution in [2.75, 3.05) is 20.2 Å². The lowest BCUT2D eigenvalue weighted by atomic mass is 10.2. The summed E-state index contributed by atoms with van der Waals surface area (Å²) >= 11 is 0. The van der Waals surface area contributed by atoms with Gasteiger partial charge in [-0.15, -0.1) is 0 Å². The lowest BCUT2D eigenvalue weighted by Gasteiger charge is -2.23. The van der Waals surface area contributed by atoms with Gasteiger partial charge in [0.1, 0.15) is 5.75 Å². The van der Waals surface area contributed by atoms with E-state index in [0.717, 1.165) is 0 Å². The van der Waals surface area contributed by atoms with E-state index in [1.165, 1.54) is 4.90 Å². The molecule has 1 rings (SSSR count). The van der Waals surface area contributed by atoms with Crippen molar-refractivity contribution in [3.8, 4) is 5.75 Å². The number of nitrogens with zero attached hydrogens (tertiary/aromatic N) is 1. The van der Waals surface area contributed by atoms with Crippen molar-refractivity contribution < 1.29 is 14.6 Å². The van der Waals surface area contributed by atoms with Crippen LogP contribution in [0.4, 0.5) is 0 Å². The van der Waals surface area contributed by atoms with Gasteiger partial charge < -0.3 is 14.7 Å². The van der Waals surface area contributed by atoms with Crippen molar-refractivity contribution in [1.29, 1.82) is 0 Å². The predicted octanol–water partition coefficient (Wildman–Crippen LogP) is 1.29. The van der Waals surface area contributed by atoms with Crippen LogP contribution >= 0.6 is 0 Å². The van der Waals surface area contributed by atoms with Gasteiger partial charge in [-0.1, -0.05) is 25.1 Å². The number of ether oxygens (including phenoxy) is 1. The van der Waals surface area contributed by atoms with E-state index >= 15 is 0 Å². The Bertz CT molecular complexity index is 340. The molecule has 0 fully saturated rings. The third-order valence-corrected chi connectivity index (χ3v) is 2.48. The smallest absolute Gasteiger partial charge is 0.263 e. The zero-order chi connectivity index (χ0) is 12.7. The maximum Gasteiger partial charge on any atom is 0.263 e. The largest absolute Gasteiger partial charge is 0.481 e. The molecule has 0 radical (unpaired) electrons. The number of likely N-dealkylation sites (N-methyl/N-ethyl adjacent to an activating group) is 1. The lowest BCUT2D eigenvalue weighted by Crippen LogP contribution is -2.40. The van der Waals surface area contributed by atoms with Gasteiger partial charge in [0, 0.05) is 13.6 Å². The van der Waals surface area contributed by atoms with Gasteiger partial charge in [-0.2, -0.15) is 0 Å². The molecule has 4 nitrogen and oxygen atoms in total. The molecule has 0 heterocycles. The molecule has 94 valence electrons. The number of aliphatic hydroxyl groups is 1. The molecule has 0 saturated carbocycles. The van der Waals surface area contributed by atoms with Gasteiger partial charge in [0.05, 0.1) is 6.61 Å². The predicted molar refractivity (Wildman–Crippen MR) is 65.9 cm³/mol. The first-order valence-corrected chi connectivity index (χ1v) is 5.76. The minimum atomic E-state index is -0.492. The maximum atomic E-state index is 12.0. The van der Waals surface area contributed by atoms with E-state index in [1.54, 1.807) is 7.05 Å². The zero-order valence-electron chi connectivity index (χ0n) is 10.3. The van der Waals surface area contributed by atoms with Crippen molar-refractivity contribution in [1.82, 2.24) is 4.90 Å². The molecule has 1 N–H and O–H groups in total. The number of aliphatic hydroxyl groups excluding tert-OH is 1. The Morgan fingerprint density at radius 2 is 2.06 bits per heavy atom. The molecule has 0 aliphatic carbocycles. The molecule has 1 unspecified atom stereocenters. The van der Waals surface area contributed by atoms with Crippen molar-refractivity contribution in [2.45, 2.75) is 19.4 Å². The second-order valence-electron chi connectivity index (χ2n) is 3.81. The summed E-state index contributed by atoms with van der Waals surface area (Å²) in [7, 11) is 1.66. The Labute approximate surface area is 102 Å².